The molecule has 1 aliphatic rings. The zero-order chi connectivity index (χ0) is 17.7. The van der Waals surface area contributed by atoms with Crippen molar-refractivity contribution in [2.45, 2.75) is 25.8 Å². The fourth-order valence-electron chi connectivity index (χ4n) is 2.34. The molecule has 2 unspecified atom stereocenters. The number of nitrogens with two attached hydrogens (primary N) is 1. The lowest BCUT2D eigenvalue weighted by Gasteiger charge is -2.12. The van der Waals surface area contributed by atoms with Gasteiger partial charge in [0.15, 0.2) is 6.04 Å². The molecule has 0 aliphatic carbocycles. The van der Waals surface area contributed by atoms with Gasteiger partial charge in [0, 0.05) is 12.1 Å². The number of imide groups is 1. The third kappa shape index (κ3) is 5.54. The molecule has 1 saturated heterocycles. The second-order valence-electron chi connectivity index (χ2n) is 5.43. The first-order chi connectivity index (χ1) is 11.4. The lowest BCUT2D eigenvalue weighted by Crippen LogP contribution is -2.43. The molecule has 8 nitrogen and oxygen atoms in total. The van der Waals surface area contributed by atoms with Crippen LogP contribution in [0.4, 0.5) is 5.69 Å². The monoisotopic (exact) mass is 369 g/mol. The van der Waals surface area contributed by atoms with Crippen LogP contribution in [0.5, 0.6) is 0 Å². The number of rotatable bonds is 6. The first-order valence-corrected chi connectivity index (χ1v) is 7.56. The van der Waals surface area contributed by atoms with E-state index in [4.69, 9.17) is 5.73 Å². The third-order valence-corrected chi connectivity index (χ3v) is 3.59. The summed E-state index contributed by atoms with van der Waals surface area (Å²) in [4.78, 5) is 46.0. The van der Waals surface area contributed by atoms with Crippen LogP contribution in [0.15, 0.2) is 24.3 Å². The quantitative estimate of drug-likeness (QED) is 0.372. The molecular formula is C16H20ClN3O5. The molecule has 0 radical (unpaired) electrons. The zero-order valence-corrected chi connectivity index (χ0v) is 14.4. The number of halogens is 1. The maximum Gasteiger partial charge on any atom is 0.332 e. The highest BCUT2D eigenvalue weighted by molar-refractivity contribution is 6.08. The standard InChI is InChI=1S/C16H19N3O5.ClH/c1-2-24-16(23)13(17)15(22)18-11-5-3-9(4-6-11)7-10-8-12(20)19-14(10)21;/h3-6,10,13H,2,7-8,17H2,1H3,(H,18,22)(H,19,20,21);1H. The van der Waals surface area contributed by atoms with Crippen molar-refractivity contribution in [1.29, 1.82) is 0 Å². The Morgan fingerprint density at radius 3 is 2.48 bits per heavy atom. The summed E-state index contributed by atoms with van der Waals surface area (Å²) in [5.74, 6) is -2.35. The molecule has 2 rings (SSSR count). The number of benzene rings is 1. The van der Waals surface area contributed by atoms with E-state index in [0.717, 1.165) is 5.56 Å². The van der Waals surface area contributed by atoms with Gasteiger partial charge in [0.25, 0.3) is 5.91 Å². The Kier molecular flexibility index (Phi) is 7.53. The van der Waals surface area contributed by atoms with Crippen LogP contribution >= 0.6 is 12.4 Å². The molecule has 0 saturated carbocycles. The highest BCUT2D eigenvalue weighted by atomic mass is 35.5. The summed E-state index contributed by atoms with van der Waals surface area (Å²) in [5.41, 5.74) is 6.83. The highest BCUT2D eigenvalue weighted by Crippen LogP contribution is 2.19. The summed E-state index contributed by atoms with van der Waals surface area (Å²) in [6.45, 7) is 1.77. The maximum atomic E-state index is 11.8. The lowest BCUT2D eigenvalue weighted by molar-refractivity contribution is -0.147. The molecule has 1 aromatic carbocycles. The van der Waals surface area contributed by atoms with E-state index < -0.39 is 17.9 Å². The smallest absolute Gasteiger partial charge is 0.332 e. The van der Waals surface area contributed by atoms with Gasteiger partial charge in [-0.15, -0.1) is 12.4 Å². The Balaban J connectivity index is 0.00000312. The second kappa shape index (κ2) is 9.14. The minimum absolute atomic E-state index is 0. The molecule has 0 aromatic heterocycles. The number of esters is 1. The Hall–Kier alpha value is -2.45. The van der Waals surface area contributed by atoms with Gasteiger partial charge in [0.2, 0.25) is 11.8 Å². The number of amides is 3. The van der Waals surface area contributed by atoms with Crippen molar-refractivity contribution in [3.05, 3.63) is 29.8 Å². The number of hydrogen-bond acceptors (Lipinski definition) is 6. The summed E-state index contributed by atoms with van der Waals surface area (Å²) in [7, 11) is 0. The molecule has 1 aliphatic heterocycles. The molecule has 3 amide bonds. The summed E-state index contributed by atoms with van der Waals surface area (Å²) >= 11 is 0. The van der Waals surface area contributed by atoms with Crippen LogP contribution in [0, 0.1) is 5.92 Å². The predicted octanol–water partition coefficient (Wildman–Crippen LogP) is 0.143. The average molecular weight is 370 g/mol. The van der Waals surface area contributed by atoms with Gasteiger partial charge in [-0.2, -0.15) is 0 Å². The minimum atomic E-state index is -1.39. The normalized spacial score (nSPS) is 17.3. The SMILES string of the molecule is CCOC(=O)C(N)C(=O)Nc1ccc(CC2CC(=O)NC2=O)cc1.Cl. The van der Waals surface area contributed by atoms with Crippen LogP contribution < -0.4 is 16.4 Å². The first-order valence-electron chi connectivity index (χ1n) is 7.56. The van der Waals surface area contributed by atoms with E-state index in [2.05, 4.69) is 15.4 Å². The Labute approximate surface area is 150 Å². The molecule has 136 valence electrons. The van der Waals surface area contributed by atoms with Crippen molar-refractivity contribution in [2.24, 2.45) is 11.7 Å². The molecule has 9 heteroatoms. The molecule has 25 heavy (non-hydrogen) atoms. The van der Waals surface area contributed by atoms with Gasteiger partial charge in [-0.05, 0) is 31.0 Å². The fourth-order valence-corrected chi connectivity index (χ4v) is 2.34. The van der Waals surface area contributed by atoms with Crippen molar-refractivity contribution < 1.29 is 23.9 Å². The molecule has 0 spiro atoms. The van der Waals surface area contributed by atoms with Gasteiger partial charge in [-0.1, -0.05) is 12.1 Å². The van der Waals surface area contributed by atoms with E-state index in [0.29, 0.717) is 12.1 Å². The second-order valence-corrected chi connectivity index (χ2v) is 5.43. The van der Waals surface area contributed by atoms with Crippen molar-refractivity contribution in [1.82, 2.24) is 5.32 Å². The number of carbonyl (C=O) groups excluding carboxylic acids is 4. The minimum Gasteiger partial charge on any atom is -0.464 e. The van der Waals surface area contributed by atoms with Gasteiger partial charge in [-0.3, -0.25) is 19.7 Å². The van der Waals surface area contributed by atoms with Crippen molar-refractivity contribution >= 4 is 41.8 Å². The molecule has 0 bridgehead atoms. The number of hydrogen-bond donors (Lipinski definition) is 3. The highest BCUT2D eigenvalue weighted by Gasteiger charge is 2.30. The topological polar surface area (TPSA) is 128 Å². The number of anilines is 1. The molecule has 4 N–H and O–H groups in total. The Bertz CT molecular complexity index is 662. The first kappa shape index (κ1) is 20.6. The fraction of sp³-hybridized carbons (Fsp3) is 0.375. The molecule has 1 heterocycles. The van der Waals surface area contributed by atoms with E-state index in [9.17, 15) is 19.2 Å². The van der Waals surface area contributed by atoms with Crippen LogP contribution in [0.3, 0.4) is 0 Å². The van der Waals surface area contributed by atoms with Gasteiger partial charge < -0.3 is 15.8 Å². The van der Waals surface area contributed by atoms with Gasteiger partial charge >= 0.3 is 5.97 Å². The van der Waals surface area contributed by atoms with E-state index >= 15 is 0 Å². The molecular weight excluding hydrogens is 350 g/mol. The van der Waals surface area contributed by atoms with E-state index in [1.165, 1.54) is 0 Å². The Morgan fingerprint density at radius 1 is 1.32 bits per heavy atom. The third-order valence-electron chi connectivity index (χ3n) is 3.59. The summed E-state index contributed by atoms with van der Waals surface area (Å²) in [6.07, 6.45) is 0.625. The molecule has 2 atom stereocenters. The maximum absolute atomic E-state index is 11.8. The summed E-state index contributed by atoms with van der Waals surface area (Å²) in [6, 6.07) is 5.36. The molecule has 1 fully saturated rings. The average Bonchev–Trinajstić information content (AvgIpc) is 2.86. The summed E-state index contributed by atoms with van der Waals surface area (Å²) in [5, 5.41) is 4.78. The van der Waals surface area contributed by atoms with Gasteiger partial charge in [0.1, 0.15) is 0 Å². The van der Waals surface area contributed by atoms with Crippen LogP contribution in [-0.4, -0.2) is 36.3 Å². The van der Waals surface area contributed by atoms with E-state index in [1.54, 1.807) is 31.2 Å². The van der Waals surface area contributed by atoms with Crippen LogP contribution in [0.2, 0.25) is 0 Å². The molecule has 1 aromatic rings. The largest absolute Gasteiger partial charge is 0.464 e. The number of ether oxygens (including phenoxy) is 1. The van der Waals surface area contributed by atoms with Crippen LogP contribution in [0.1, 0.15) is 18.9 Å². The number of carbonyl (C=O) groups is 4. The number of nitrogens with one attached hydrogen (secondary N) is 2. The Morgan fingerprint density at radius 2 is 1.96 bits per heavy atom. The van der Waals surface area contributed by atoms with Gasteiger partial charge in [0.05, 0.1) is 12.5 Å². The van der Waals surface area contributed by atoms with Crippen LogP contribution in [-0.2, 0) is 30.3 Å². The van der Waals surface area contributed by atoms with Crippen molar-refractivity contribution in [3.63, 3.8) is 0 Å². The lowest BCUT2D eigenvalue weighted by atomic mass is 9.98. The van der Waals surface area contributed by atoms with Crippen LogP contribution in [0.25, 0.3) is 0 Å². The van der Waals surface area contributed by atoms with Crippen molar-refractivity contribution in [3.8, 4) is 0 Å². The van der Waals surface area contributed by atoms with Gasteiger partial charge in [-0.25, -0.2) is 4.79 Å². The van der Waals surface area contributed by atoms with E-state index in [-0.39, 0.29) is 43.2 Å². The zero-order valence-electron chi connectivity index (χ0n) is 13.6. The predicted molar refractivity (Wildman–Crippen MR) is 91.9 cm³/mol. The summed E-state index contributed by atoms with van der Waals surface area (Å²) < 4.78 is 4.68. The van der Waals surface area contributed by atoms with Crippen molar-refractivity contribution in [2.75, 3.05) is 11.9 Å². The van der Waals surface area contributed by atoms with E-state index in [1.807, 2.05) is 0 Å².